The molecule has 104 valence electrons. The van der Waals surface area contributed by atoms with Crippen molar-refractivity contribution in [3.8, 4) is 0 Å². The lowest BCUT2D eigenvalue weighted by Crippen LogP contribution is -2.40. The highest BCUT2D eigenvalue weighted by Gasteiger charge is 2.36. The molecular weight excluding hydrogens is 283 g/mol. The number of para-hydroxylation sites is 1. The molecule has 4 nitrogen and oxygen atoms in total. The zero-order valence-electron chi connectivity index (χ0n) is 10.6. The molecule has 2 N–H and O–H groups in total. The number of hydrogen-bond donors (Lipinski definition) is 2. The van der Waals surface area contributed by atoms with Gasteiger partial charge < -0.3 is 10.4 Å². The molecule has 0 spiro atoms. The van der Waals surface area contributed by atoms with Gasteiger partial charge in [0.2, 0.25) is 0 Å². The largest absolute Gasteiger partial charge is 0.479 e. The molecule has 1 aromatic carbocycles. The molecule has 1 heterocycles. The SMILES string of the molecule is CC(Nc1ccccc1Cl)(C(=O)O)c1cncc(F)c1. The lowest BCUT2D eigenvalue weighted by Gasteiger charge is -2.28. The van der Waals surface area contributed by atoms with Crippen LogP contribution < -0.4 is 5.32 Å². The van der Waals surface area contributed by atoms with Crippen LogP contribution in [0.4, 0.5) is 10.1 Å². The maximum absolute atomic E-state index is 13.3. The summed E-state index contributed by atoms with van der Waals surface area (Å²) in [4.78, 5) is 15.3. The van der Waals surface area contributed by atoms with E-state index >= 15 is 0 Å². The van der Waals surface area contributed by atoms with Crippen molar-refractivity contribution in [1.82, 2.24) is 4.98 Å². The summed E-state index contributed by atoms with van der Waals surface area (Å²) in [7, 11) is 0. The van der Waals surface area contributed by atoms with Gasteiger partial charge in [0, 0.05) is 11.8 Å². The molecule has 6 heteroatoms. The van der Waals surface area contributed by atoms with Crippen LogP contribution in [-0.4, -0.2) is 16.1 Å². The second-order valence-corrected chi connectivity index (χ2v) is 4.83. The molecule has 2 rings (SSSR count). The molecule has 1 atom stereocenters. The molecule has 0 radical (unpaired) electrons. The molecule has 0 saturated heterocycles. The van der Waals surface area contributed by atoms with Crippen LogP contribution in [0.5, 0.6) is 0 Å². The summed E-state index contributed by atoms with van der Waals surface area (Å²) in [5.41, 5.74) is -0.895. The number of carbonyl (C=O) groups is 1. The van der Waals surface area contributed by atoms with Crippen LogP contribution in [0.2, 0.25) is 5.02 Å². The van der Waals surface area contributed by atoms with E-state index in [1.807, 2.05) is 0 Å². The fourth-order valence-electron chi connectivity index (χ4n) is 1.77. The molecule has 1 aromatic heterocycles. The Morgan fingerprint density at radius 3 is 2.70 bits per heavy atom. The Balaban J connectivity index is 2.46. The van der Waals surface area contributed by atoms with Gasteiger partial charge in [-0.05, 0) is 25.1 Å². The third-order valence-corrected chi connectivity index (χ3v) is 3.30. The lowest BCUT2D eigenvalue weighted by atomic mass is 9.93. The second-order valence-electron chi connectivity index (χ2n) is 4.43. The minimum absolute atomic E-state index is 0.199. The molecule has 0 amide bonds. The van der Waals surface area contributed by atoms with Gasteiger partial charge in [0.15, 0.2) is 5.54 Å². The van der Waals surface area contributed by atoms with Gasteiger partial charge in [-0.2, -0.15) is 0 Å². The quantitative estimate of drug-likeness (QED) is 0.908. The topological polar surface area (TPSA) is 62.2 Å². The van der Waals surface area contributed by atoms with E-state index in [2.05, 4.69) is 10.3 Å². The number of carboxylic acid groups (broad SMARTS) is 1. The van der Waals surface area contributed by atoms with Crippen LogP contribution in [0, 0.1) is 5.82 Å². The van der Waals surface area contributed by atoms with Crippen molar-refractivity contribution in [2.45, 2.75) is 12.5 Å². The zero-order chi connectivity index (χ0) is 14.8. The van der Waals surface area contributed by atoms with Crippen LogP contribution in [-0.2, 0) is 10.3 Å². The summed E-state index contributed by atoms with van der Waals surface area (Å²) in [5.74, 6) is -1.76. The van der Waals surface area contributed by atoms with Gasteiger partial charge in [-0.1, -0.05) is 23.7 Å². The summed E-state index contributed by atoms with van der Waals surface area (Å²) in [6.07, 6.45) is 2.32. The highest BCUT2D eigenvalue weighted by Crippen LogP contribution is 2.30. The number of carboxylic acids is 1. The average molecular weight is 295 g/mol. The fourth-order valence-corrected chi connectivity index (χ4v) is 1.95. The van der Waals surface area contributed by atoms with Crippen molar-refractivity contribution in [3.63, 3.8) is 0 Å². The van der Waals surface area contributed by atoms with E-state index < -0.39 is 17.3 Å². The number of pyridine rings is 1. The number of nitrogens with one attached hydrogen (secondary N) is 1. The van der Waals surface area contributed by atoms with Gasteiger partial charge in [0.05, 0.1) is 16.9 Å². The van der Waals surface area contributed by atoms with Gasteiger partial charge in [-0.3, -0.25) is 4.98 Å². The molecule has 1 unspecified atom stereocenters. The van der Waals surface area contributed by atoms with E-state index in [0.29, 0.717) is 10.7 Å². The van der Waals surface area contributed by atoms with Crippen molar-refractivity contribution < 1.29 is 14.3 Å². The van der Waals surface area contributed by atoms with Crippen LogP contribution >= 0.6 is 11.6 Å². The van der Waals surface area contributed by atoms with Gasteiger partial charge in [-0.15, -0.1) is 0 Å². The van der Waals surface area contributed by atoms with Crippen molar-refractivity contribution in [2.24, 2.45) is 0 Å². The first-order chi connectivity index (χ1) is 9.43. The number of halogens is 2. The summed E-state index contributed by atoms with van der Waals surface area (Å²) in [5, 5.41) is 12.7. The monoisotopic (exact) mass is 294 g/mol. The van der Waals surface area contributed by atoms with E-state index in [9.17, 15) is 14.3 Å². The number of rotatable bonds is 4. The molecule has 0 fully saturated rings. The van der Waals surface area contributed by atoms with E-state index in [1.54, 1.807) is 24.3 Å². The molecule has 0 aliphatic heterocycles. The van der Waals surface area contributed by atoms with E-state index in [4.69, 9.17) is 11.6 Å². The summed E-state index contributed by atoms with van der Waals surface area (Å²) in [6.45, 7) is 1.43. The zero-order valence-corrected chi connectivity index (χ0v) is 11.4. The first-order valence-electron chi connectivity index (χ1n) is 5.80. The number of aliphatic carboxylic acids is 1. The lowest BCUT2D eigenvalue weighted by molar-refractivity contribution is -0.142. The third kappa shape index (κ3) is 2.72. The Morgan fingerprint density at radius 2 is 2.10 bits per heavy atom. The molecule has 20 heavy (non-hydrogen) atoms. The minimum Gasteiger partial charge on any atom is -0.479 e. The second kappa shape index (κ2) is 5.46. The summed E-state index contributed by atoms with van der Waals surface area (Å²) < 4.78 is 13.3. The van der Waals surface area contributed by atoms with Gasteiger partial charge in [0.25, 0.3) is 0 Å². The highest BCUT2D eigenvalue weighted by atomic mass is 35.5. The standard InChI is InChI=1S/C14H12ClFN2O2/c1-14(13(19)20,9-6-10(16)8-17-7-9)18-12-5-3-2-4-11(12)15/h2-8,18H,1H3,(H,19,20). The maximum atomic E-state index is 13.3. The Kier molecular flexibility index (Phi) is 3.90. The van der Waals surface area contributed by atoms with E-state index in [1.165, 1.54) is 13.1 Å². The Hall–Kier alpha value is -2.14. The fraction of sp³-hybridized carbons (Fsp3) is 0.143. The first-order valence-corrected chi connectivity index (χ1v) is 6.18. The third-order valence-electron chi connectivity index (χ3n) is 2.97. The van der Waals surface area contributed by atoms with Crippen LogP contribution in [0.3, 0.4) is 0 Å². The van der Waals surface area contributed by atoms with Gasteiger partial charge in [0.1, 0.15) is 5.82 Å². The van der Waals surface area contributed by atoms with Crippen LogP contribution in [0.1, 0.15) is 12.5 Å². The molecule has 2 aromatic rings. The average Bonchev–Trinajstić information content (AvgIpc) is 2.41. The molecule has 0 aliphatic rings. The number of anilines is 1. The van der Waals surface area contributed by atoms with Crippen molar-refractivity contribution in [3.05, 3.63) is 59.1 Å². The van der Waals surface area contributed by atoms with E-state index in [-0.39, 0.29) is 5.56 Å². The molecule has 0 aliphatic carbocycles. The highest BCUT2D eigenvalue weighted by molar-refractivity contribution is 6.33. The van der Waals surface area contributed by atoms with Crippen molar-refractivity contribution in [2.75, 3.05) is 5.32 Å². The van der Waals surface area contributed by atoms with Gasteiger partial charge >= 0.3 is 5.97 Å². The first kappa shape index (κ1) is 14.3. The summed E-state index contributed by atoms with van der Waals surface area (Å²) in [6, 6.07) is 7.87. The number of benzene rings is 1. The maximum Gasteiger partial charge on any atom is 0.333 e. The Bertz CT molecular complexity index is 651. The summed E-state index contributed by atoms with van der Waals surface area (Å²) >= 11 is 6.01. The number of hydrogen-bond acceptors (Lipinski definition) is 3. The normalized spacial score (nSPS) is 13.6. The Morgan fingerprint density at radius 1 is 1.40 bits per heavy atom. The number of nitrogens with zero attached hydrogens (tertiary/aromatic N) is 1. The smallest absolute Gasteiger partial charge is 0.333 e. The number of aromatic nitrogens is 1. The van der Waals surface area contributed by atoms with E-state index in [0.717, 1.165) is 12.3 Å². The van der Waals surface area contributed by atoms with Crippen LogP contribution in [0.25, 0.3) is 0 Å². The molecule has 0 bridgehead atoms. The van der Waals surface area contributed by atoms with Gasteiger partial charge in [-0.25, -0.2) is 9.18 Å². The van der Waals surface area contributed by atoms with Crippen molar-refractivity contribution in [1.29, 1.82) is 0 Å². The molecular formula is C14H12ClFN2O2. The predicted molar refractivity (Wildman–Crippen MR) is 74.3 cm³/mol. The minimum atomic E-state index is -1.54. The molecule has 0 saturated carbocycles. The van der Waals surface area contributed by atoms with Crippen LogP contribution in [0.15, 0.2) is 42.7 Å². The Labute approximate surface area is 120 Å². The predicted octanol–water partition coefficient (Wildman–Crippen LogP) is 3.29. The van der Waals surface area contributed by atoms with Crippen molar-refractivity contribution >= 4 is 23.3 Å².